The fourth-order valence-corrected chi connectivity index (χ4v) is 1.47. The first kappa shape index (κ1) is 8.56. The summed E-state index contributed by atoms with van der Waals surface area (Å²) >= 11 is 5.81. The SMILES string of the molecule is C[C@H](O)c1n(C)c(Cl)c[n+]1C. The Bertz CT molecular complexity index is 268. The minimum atomic E-state index is -0.488. The van der Waals surface area contributed by atoms with Crippen molar-refractivity contribution in [3.8, 4) is 0 Å². The standard InChI is InChI=1S/C7H12ClN2O/c1-5(11)7-9(2)4-6(8)10(7)3/h4-5,11H,1-3H3/q+1/t5-/m0/s1. The molecule has 0 saturated heterocycles. The van der Waals surface area contributed by atoms with Crippen molar-refractivity contribution in [2.45, 2.75) is 13.0 Å². The summed E-state index contributed by atoms with van der Waals surface area (Å²) in [5.74, 6) is 0.801. The van der Waals surface area contributed by atoms with Crippen LogP contribution in [0.3, 0.4) is 0 Å². The van der Waals surface area contributed by atoms with Gasteiger partial charge in [-0.2, -0.15) is 0 Å². The second kappa shape index (κ2) is 2.83. The van der Waals surface area contributed by atoms with E-state index in [-0.39, 0.29) is 0 Å². The summed E-state index contributed by atoms with van der Waals surface area (Å²) < 4.78 is 3.57. The van der Waals surface area contributed by atoms with Crippen LogP contribution < -0.4 is 4.57 Å². The van der Waals surface area contributed by atoms with Crippen molar-refractivity contribution in [2.75, 3.05) is 0 Å². The fraction of sp³-hybridized carbons (Fsp3) is 0.571. The average molecular weight is 176 g/mol. The zero-order valence-corrected chi connectivity index (χ0v) is 7.63. The zero-order chi connectivity index (χ0) is 8.59. The Morgan fingerprint density at radius 1 is 1.73 bits per heavy atom. The number of aliphatic hydroxyl groups is 1. The molecule has 1 atom stereocenters. The molecule has 0 radical (unpaired) electrons. The van der Waals surface area contributed by atoms with Gasteiger partial charge >= 0.3 is 0 Å². The van der Waals surface area contributed by atoms with Crippen molar-refractivity contribution >= 4 is 11.6 Å². The first-order valence-electron chi connectivity index (χ1n) is 3.43. The lowest BCUT2D eigenvalue weighted by Crippen LogP contribution is -2.33. The lowest BCUT2D eigenvalue weighted by Gasteiger charge is -1.99. The van der Waals surface area contributed by atoms with Gasteiger partial charge in [0.2, 0.25) is 5.15 Å². The maximum absolute atomic E-state index is 9.30. The van der Waals surface area contributed by atoms with Gasteiger partial charge in [0, 0.05) is 0 Å². The molecule has 1 rings (SSSR count). The molecule has 1 N–H and O–H groups in total. The van der Waals surface area contributed by atoms with Gasteiger partial charge < -0.3 is 5.11 Å². The summed E-state index contributed by atoms with van der Waals surface area (Å²) in [6.45, 7) is 1.71. The summed E-state index contributed by atoms with van der Waals surface area (Å²) in [5, 5.41) is 9.93. The van der Waals surface area contributed by atoms with Gasteiger partial charge in [0.25, 0.3) is 5.82 Å². The predicted molar refractivity (Wildman–Crippen MR) is 42.2 cm³/mol. The van der Waals surface area contributed by atoms with Gasteiger partial charge in [0.1, 0.15) is 6.20 Å². The maximum Gasteiger partial charge on any atom is 0.286 e. The van der Waals surface area contributed by atoms with Crippen molar-refractivity contribution in [1.29, 1.82) is 0 Å². The van der Waals surface area contributed by atoms with E-state index in [0.29, 0.717) is 5.15 Å². The van der Waals surface area contributed by atoms with Gasteiger partial charge in [0.15, 0.2) is 6.10 Å². The quantitative estimate of drug-likeness (QED) is 0.621. The Balaban J connectivity index is 3.22. The fourth-order valence-electron chi connectivity index (χ4n) is 1.23. The molecule has 1 aromatic rings. The molecule has 0 amide bonds. The molecule has 4 heteroatoms. The minimum absolute atomic E-state index is 0.488. The van der Waals surface area contributed by atoms with Crippen molar-refractivity contribution in [3.63, 3.8) is 0 Å². The summed E-state index contributed by atoms with van der Waals surface area (Å²) in [7, 11) is 3.68. The minimum Gasteiger partial charge on any atom is -0.381 e. The Hall–Kier alpha value is -0.540. The second-order valence-electron chi connectivity index (χ2n) is 2.66. The molecule has 0 aliphatic carbocycles. The molecule has 0 aromatic carbocycles. The van der Waals surface area contributed by atoms with E-state index in [9.17, 15) is 5.11 Å². The van der Waals surface area contributed by atoms with Crippen molar-refractivity contribution < 1.29 is 9.67 Å². The van der Waals surface area contributed by atoms with Crippen molar-refractivity contribution in [2.24, 2.45) is 14.1 Å². The van der Waals surface area contributed by atoms with Gasteiger partial charge in [0.05, 0.1) is 14.1 Å². The van der Waals surface area contributed by atoms with E-state index in [1.54, 1.807) is 17.7 Å². The Labute approximate surface area is 70.8 Å². The number of aliphatic hydroxyl groups excluding tert-OH is 1. The molecule has 0 aliphatic heterocycles. The van der Waals surface area contributed by atoms with Crippen LogP contribution in [-0.4, -0.2) is 9.67 Å². The molecular formula is C7H12ClN2O+. The van der Waals surface area contributed by atoms with Crippen LogP contribution in [0.1, 0.15) is 18.9 Å². The van der Waals surface area contributed by atoms with Gasteiger partial charge in [-0.15, -0.1) is 0 Å². The number of aryl methyl sites for hydroxylation is 1. The van der Waals surface area contributed by atoms with Crippen LogP contribution in [0.25, 0.3) is 0 Å². The predicted octanol–water partition coefficient (Wildman–Crippen LogP) is 0.556. The number of rotatable bonds is 1. The van der Waals surface area contributed by atoms with Crippen LogP contribution in [0.2, 0.25) is 5.15 Å². The molecule has 11 heavy (non-hydrogen) atoms. The van der Waals surface area contributed by atoms with Gasteiger partial charge in [-0.05, 0) is 18.5 Å². The van der Waals surface area contributed by atoms with Crippen LogP contribution in [0, 0.1) is 0 Å². The lowest BCUT2D eigenvalue weighted by atomic mass is 10.4. The summed E-state index contributed by atoms with van der Waals surface area (Å²) in [4.78, 5) is 0. The highest BCUT2D eigenvalue weighted by Crippen LogP contribution is 2.12. The van der Waals surface area contributed by atoms with E-state index in [2.05, 4.69) is 0 Å². The maximum atomic E-state index is 9.30. The highest BCUT2D eigenvalue weighted by molar-refractivity contribution is 6.29. The van der Waals surface area contributed by atoms with Gasteiger partial charge in [-0.1, -0.05) is 0 Å². The molecule has 0 unspecified atom stereocenters. The summed E-state index contributed by atoms with van der Waals surface area (Å²) in [6.07, 6.45) is 1.28. The zero-order valence-electron chi connectivity index (χ0n) is 6.87. The Morgan fingerprint density at radius 3 is 2.45 bits per heavy atom. The topological polar surface area (TPSA) is 29.0 Å². The number of halogens is 1. The number of nitrogens with zero attached hydrogens (tertiary/aromatic N) is 2. The van der Waals surface area contributed by atoms with Crippen LogP contribution in [-0.2, 0) is 14.1 Å². The van der Waals surface area contributed by atoms with Crippen LogP contribution in [0.4, 0.5) is 0 Å². The Kier molecular flexibility index (Phi) is 2.20. The molecule has 1 aromatic heterocycles. The van der Waals surface area contributed by atoms with Crippen molar-refractivity contribution in [1.82, 2.24) is 4.57 Å². The Morgan fingerprint density at radius 2 is 2.27 bits per heavy atom. The van der Waals surface area contributed by atoms with E-state index < -0.39 is 6.10 Å². The third kappa shape index (κ3) is 1.39. The average Bonchev–Trinajstić information content (AvgIpc) is 2.07. The number of hydrogen-bond acceptors (Lipinski definition) is 1. The van der Waals surface area contributed by atoms with E-state index in [0.717, 1.165) is 5.82 Å². The van der Waals surface area contributed by atoms with Crippen LogP contribution in [0.5, 0.6) is 0 Å². The summed E-state index contributed by atoms with van der Waals surface area (Å²) in [5.41, 5.74) is 0. The first-order chi connectivity index (χ1) is 5.04. The first-order valence-corrected chi connectivity index (χ1v) is 3.80. The molecule has 0 saturated carbocycles. The van der Waals surface area contributed by atoms with Crippen LogP contribution >= 0.6 is 11.6 Å². The highest BCUT2D eigenvalue weighted by Gasteiger charge is 2.20. The molecule has 0 bridgehead atoms. The van der Waals surface area contributed by atoms with Crippen molar-refractivity contribution in [3.05, 3.63) is 17.2 Å². The molecule has 1 heterocycles. The van der Waals surface area contributed by atoms with E-state index in [1.165, 1.54) is 0 Å². The summed E-state index contributed by atoms with van der Waals surface area (Å²) in [6, 6.07) is 0. The van der Waals surface area contributed by atoms with Crippen LogP contribution in [0.15, 0.2) is 6.20 Å². The molecule has 0 spiro atoms. The third-order valence-corrected chi connectivity index (χ3v) is 2.05. The molecule has 0 fully saturated rings. The number of hydrogen-bond donors (Lipinski definition) is 1. The number of imidazole rings is 1. The molecule has 62 valence electrons. The highest BCUT2D eigenvalue weighted by atomic mass is 35.5. The van der Waals surface area contributed by atoms with Gasteiger partial charge in [-0.3, -0.25) is 0 Å². The molecular weight excluding hydrogens is 164 g/mol. The van der Waals surface area contributed by atoms with Gasteiger partial charge in [-0.25, -0.2) is 9.13 Å². The normalized spacial score (nSPS) is 13.5. The third-order valence-electron chi connectivity index (χ3n) is 1.70. The second-order valence-corrected chi connectivity index (χ2v) is 3.04. The largest absolute Gasteiger partial charge is 0.381 e. The van der Waals surface area contributed by atoms with E-state index >= 15 is 0 Å². The monoisotopic (exact) mass is 175 g/mol. The van der Waals surface area contributed by atoms with E-state index in [4.69, 9.17) is 11.6 Å². The lowest BCUT2D eigenvalue weighted by molar-refractivity contribution is -0.682. The molecule has 3 nitrogen and oxygen atoms in total. The number of aromatic nitrogens is 2. The smallest absolute Gasteiger partial charge is 0.286 e. The molecule has 0 aliphatic rings. The van der Waals surface area contributed by atoms with E-state index in [1.807, 2.05) is 18.7 Å².